The Hall–Kier alpha value is -1.71. The third kappa shape index (κ3) is 3.75. The minimum absolute atomic E-state index is 0.0257. The Morgan fingerprint density at radius 2 is 1.89 bits per heavy atom. The highest BCUT2D eigenvalue weighted by Gasteiger charge is 2.43. The van der Waals surface area contributed by atoms with Gasteiger partial charge in [-0.2, -0.15) is 0 Å². The van der Waals surface area contributed by atoms with Crippen molar-refractivity contribution in [2.24, 2.45) is 5.41 Å². The molecule has 2 aliphatic heterocycles. The summed E-state index contributed by atoms with van der Waals surface area (Å²) in [5.74, 6) is 0.102. The molecular formula is C18H22ClN5O2S2. The molecule has 4 heterocycles. The van der Waals surface area contributed by atoms with Crippen molar-refractivity contribution in [3.05, 3.63) is 25.9 Å². The van der Waals surface area contributed by atoms with Gasteiger partial charge in [0.2, 0.25) is 11.0 Å². The minimum Gasteiger partial charge on any atom is -0.374 e. The standard InChI is InChI=1S/C18H22ClN5O2S2/c1-11-9-27-15(14(11)19)16(26)23-5-2-18(3-6-23)4-7-24(10-18)13(25)8-12-21-22-17(20)28-12/h9H,2-8,10H2,1H3,(H2,20,22). The number of anilines is 1. The normalized spacial score (nSPS) is 18.8. The number of rotatable bonds is 3. The first-order valence-electron chi connectivity index (χ1n) is 9.25. The van der Waals surface area contributed by atoms with Gasteiger partial charge in [0.05, 0.1) is 11.4 Å². The van der Waals surface area contributed by atoms with Crippen LogP contribution < -0.4 is 5.73 Å². The maximum absolute atomic E-state index is 12.8. The van der Waals surface area contributed by atoms with Crippen LogP contribution in [0.4, 0.5) is 5.13 Å². The fraction of sp³-hybridized carbons (Fsp3) is 0.556. The van der Waals surface area contributed by atoms with Gasteiger partial charge in [0, 0.05) is 26.2 Å². The quantitative estimate of drug-likeness (QED) is 0.793. The van der Waals surface area contributed by atoms with Gasteiger partial charge in [-0.1, -0.05) is 22.9 Å². The Bertz CT molecular complexity index is 904. The molecule has 2 amide bonds. The highest BCUT2D eigenvalue weighted by atomic mass is 35.5. The van der Waals surface area contributed by atoms with Crippen molar-refractivity contribution in [1.82, 2.24) is 20.0 Å². The lowest BCUT2D eigenvalue weighted by Gasteiger charge is -2.39. The highest BCUT2D eigenvalue weighted by molar-refractivity contribution is 7.15. The predicted octanol–water partition coefficient (Wildman–Crippen LogP) is 2.84. The molecule has 4 rings (SSSR count). The molecule has 0 aromatic carbocycles. The smallest absolute Gasteiger partial charge is 0.265 e. The van der Waals surface area contributed by atoms with Crippen molar-refractivity contribution in [3.8, 4) is 0 Å². The average Bonchev–Trinajstić information content (AvgIpc) is 3.36. The van der Waals surface area contributed by atoms with Gasteiger partial charge in [0.15, 0.2) is 0 Å². The van der Waals surface area contributed by atoms with Crippen LogP contribution in [0.1, 0.15) is 39.5 Å². The van der Waals surface area contributed by atoms with Crippen LogP contribution >= 0.6 is 34.3 Å². The van der Waals surface area contributed by atoms with Crippen LogP contribution in [0, 0.1) is 12.3 Å². The van der Waals surface area contributed by atoms with E-state index < -0.39 is 0 Å². The average molecular weight is 440 g/mol. The predicted molar refractivity (Wildman–Crippen MR) is 111 cm³/mol. The second-order valence-corrected chi connectivity index (χ2v) is 9.98. The minimum atomic E-state index is 0.0257. The van der Waals surface area contributed by atoms with Gasteiger partial charge in [-0.15, -0.1) is 21.5 Å². The molecule has 2 saturated heterocycles. The van der Waals surface area contributed by atoms with Gasteiger partial charge in [0.25, 0.3) is 5.91 Å². The molecule has 28 heavy (non-hydrogen) atoms. The first-order chi connectivity index (χ1) is 13.4. The summed E-state index contributed by atoms with van der Waals surface area (Å²) in [4.78, 5) is 29.8. The molecule has 150 valence electrons. The Morgan fingerprint density at radius 3 is 2.46 bits per heavy atom. The maximum Gasteiger partial charge on any atom is 0.265 e. The molecule has 0 saturated carbocycles. The first-order valence-corrected chi connectivity index (χ1v) is 11.3. The number of aromatic nitrogens is 2. The fourth-order valence-electron chi connectivity index (χ4n) is 4.04. The number of aryl methyl sites for hydroxylation is 1. The van der Waals surface area contributed by atoms with E-state index in [0.29, 0.717) is 33.1 Å². The van der Waals surface area contributed by atoms with Crippen LogP contribution in [-0.2, 0) is 11.2 Å². The lowest BCUT2D eigenvalue weighted by molar-refractivity contribution is -0.130. The number of nitrogens with zero attached hydrogens (tertiary/aromatic N) is 4. The van der Waals surface area contributed by atoms with Gasteiger partial charge >= 0.3 is 0 Å². The van der Waals surface area contributed by atoms with Gasteiger partial charge in [-0.05, 0) is 42.5 Å². The molecule has 0 atom stereocenters. The monoisotopic (exact) mass is 439 g/mol. The maximum atomic E-state index is 12.8. The lowest BCUT2D eigenvalue weighted by Crippen LogP contribution is -2.44. The fourth-order valence-corrected chi connectivity index (χ4v) is 5.88. The molecule has 1 spiro atoms. The summed E-state index contributed by atoms with van der Waals surface area (Å²) >= 11 is 8.94. The summed E-state index contributed by atoms with van der Waals surface area (Å²) in [6.07, 6.45) is 3.07. The van der Waals surface area contributed by atoms with Crippen molar-refractivity contribution in [1.29, 1.82) is 0 Å². The van der Waals surface area contributed by atoms with Gasteiger partial charge in [-0.3, -0.25) is 9.59 Å². The Balaban J connectivity index is 1.34. The molecule has 2 aromatic heterocycles. The van der Waals surface area contributed by atoms with Gasteiger partial charge in [-0.25, -0.2) is 0 Å². The molecule has 7 nitrogen and oxygen atoms in total. The second kappa shape index (κ2) is 7.61. The summed E-state index contributed by atoms with van der Waals surface area (Å²) in [5.41, 5.74) is 6.65. The molecule has 2 aliphatic rings. The van der Waals surface area contributed by atoms with E-state index in [2.05, 4.69) is 10.2 Å². The van der Waals surface area contributed by atoms with Gasteiger partial charge < -0.3 is 15.5 Å². The third-order valence-electron chi connectivity index (χ3n) is 5.78. The number of hydrogen-bond acceptors (Lipinski definition) is 7. The van der Waals surface area contributed by atoms with Crippen molar-refractivity contribution in [2.75, 3.05) is 31.9 Å². The van der Waals surface area contributed by atoms with E-state index in [9.17, 15) is 9.59 Å². The number of likely N-dealkylation sites (tertiary alicyclic amines) is 2. The zero-order valence-electron chi connectivity index (χ0n) is 15.6. The number of halogens is 1. The van der Waals surface area contributed by atoms with Crippen molar-refractivity contribution >= 4 is 51.2 Å². The number of carbonyl (C=O) groups is 2. The van der Waals surface area contributed by atoms with E-state index in [0.717, 1.165) is 37.9 Å². The van der Waals surface area contributed by atoms with Crippen molar-refractivity contribution < 1.29 is 9.59 Å². The van der Waals surface area contributed by atoms with E-state index in [-0.39, 0.29) is 23.7 Å². The second-order valence-electron chi connectivity index (χ2n) is 7.63. The van der Waals surface area contributed by atoms with Crippen molar-refractivity contribution in [3.63, 3.8) is 0 Å². The molecule has 0 radical (unpaired) electrons. The molecule has 10 heteroatoms. The van der Waals surface area contributed by atoms with Gasteiger partial charge in [0.1, 0.15) is 9.88 Å². The third-order valence-corrected chi connectivity index (χ3v) is 8.22. The number of amides is 2. The van der Waals surface area contributed by atoms with E-state index in [1.165, 1.54) is 22.7 Å². The zero-order valence-corrected chi connectivity index (χ0v) is 18.0. The van der Waals surface area contributed by atoms with Crippen LogP contribution in [0.25, 0.3) is 0 Å². The number of hydrogen-bond donors (Lipinski definition) is 1. The molecule has 0 aliphatic carbocycles. The van der Waals surface area contributed by atoms with Crippen LogP contribution in [0.5, 0.6) is 0 Å². The van der Waals surface area contributed by atoms with Crippen LogP contribution in [-0.4, -0.2) is 58.0 Å². The van der Waals surface area contributed by atoms with Crippen LogP contribution in [0.2, 0.25) is 5.02 Å². The molecule has 2 N–H and O–H groups in total. The largest absolute Gasteiger partial charge is 0.374 e. The van der Waals surface area contributed by atoms with E-state index in [1.54, 1.807) is 0 Å². The zero-order chi connectivity index (χ0) is 19.9. The summed E-state index contributed by atoms with van der Waals surface area (Å²) in [7, 11) is 0. The number of carbonyl (C=O) groups excluding carboxylic acids is 2. The van der Waals surface area contributed by atoms with Crippen LogP contribution in [0.15, 0.2) is 5.38 Å². The highest BCUT2D eigenvalue weighted by Crippen LogP contribution is 2.41. The molecule has 0 unspecified atom stereocenters. The molecule has 0 bridgehead atoms. The van der Waals surface area contributed by atoms with E-state index in [4.69, 9.17) is 17.3 Å². The molecular weight excluding hydrogens is 418 g/mol. The number of nitrogens with two attached hydrogens (primary N) is 1. The van der Waals surface area contributed by atoms with Crippen LogP contribution in [0.3, 0.4) is 0 Å². The summed E-state index contributed by atoms with van der Waals surface area (Å²) in [6, 6.07) is 0. The SMILES string of the molecule is Cc1csc(C(=O)N2CCC3(CCN(C(=O)Cc4nnc(N)s4)C3)CC2)c1Cl. The topological polar surface area (TPSA) is 92.4 Å². The van der Waals surface area contributed by atoms with Crippen molar-refractivity contribution in [2.45, 2.75) is 32.6 Å². The molecule has 2 aromatic rings. The Labute approximate surface area is 176 Å². The number of nitrogen functional groups attached to an aromatic ring is 1. The number of piperidine rings is 1. The Morgan fingerprint density at radius 1 is 1.21 bits per heavy atom. The molecule has 2 fully saturated rings. The van der Waals surface area contributed by atoms with E-state index >= 15 is 0 Å². The lowest BCUT2D eigenvalue weighted by atomic mass is 9.77. The summed E-state index contributed by atoms with van der Waals surface area (Å²) < 4.78 is 0. The Kier molecular flexibility index (Phi) is 5.32. The number of thiophene rings is 1. The summed E-state index contributed by atoms with van der Waals surface area (Å²) in [6.45, 7) is 4.85. The van der Waals surface area contributed by atoms with E-state index in [1.807, 2.05) is 22.1 Å². The summed E-state index contributed by atoms with van der Waals surface area (Å²) in [5, 5.41) is 11.3. The first kappa shape index (κ1) is 19.6.